The lowest BCUT2D eigenvalue weighted by molar-refractivity contribution is 0.0652. The average Bonchev–Trinajstić information content (AvgIpc) is 3.15. The van der Waals surface area contributed by atoms with Gasteiger partial charge in [0.15, 0.2) is 5.82 Å². The molecule has 2 aromatic rings. The van der Waals surface area contributed by atoms with E-state index in [1.807, 2.05) is 6.92 Å². The summed E-state index contributed by atoms with van der Waals surface area (Å²) >= 11 is 0. The van der Waals surface area contributed by atoms with Gasteiger partial charge in [-0.25, -0.2) is 0 Å². The molecule has 0 aliphatic carbocycles. The number of hydrogen-bond acceptors (Lipinski definition) is 6. The van der Waals surface area contributed by atoms with E-state index in [4.69, 9.17) is 4.52 Å². The van der Waals surface area contributed by atoms with Crippen molar-refractivity contribution < 1.29 is 18.9 Å². The van der Waals surface area contributed by atoms with Crippen molar-refractivity contribution in [2.45, 2.75) is 33.1 Å². The quantitative estimate of drug-likeness (QED) is 0.758. The van der Waals surface area contributed by atoms with Gasteiger partial charge in [-0.3, -0.25) is 19.3 Å². The number of hydrogen-bond donors (Lipinski definition) is 1. The highest BCUT2D eigenvalue weighted by molar-refractivity contribution is 6.22. The molecule has 1 N–H and O–H groups in total. The maximum Gasteiger partial charge on any atom is 0.261 e. The molecule has 136 valence electrons. The zero-order chi connectivity index (χ0) is 18.7. The SMILES string of the molecule is CCCCN1C(=O)c2ccc(C(=O)NCCc3nc(C)no3)cc2C1=O. The fraction of sp³-hybridized carbons (Fsp3) is 0.389. The van der Waals surface area contributed by atoms with Crippen molar-refractivity contribution in [3.8, 4) is 0 Å². The average molecular weight is 356 g/mol. The summed E-state index contributed by atoms with van der Waals surface area (Å²) in [5.74, 6) is 0.0350. The molecular formula is C18H20N4O4. The van der Waals surface area contributed by atoms with Gasteiger partial charge in [-0.05, 0) is 31.5 Å². The van der Waals surface area contributed by atoms with Crippen molar-refractivity contribution in [2.75, 3.05) is 13.1 Å². The molecule has 2 heterocycles. The lowest BCUT2D eigenvalue weighted by Crippen LogP contribution is -2.30. The lowest BCUT2D eigenvalue weighted by Gasteiger charge is -2.12. The van der Waals surface area contributed by atoms with Crippen LogP contribution in [0.2, 0.25) is 0 Å². The molecule has 0 atom stereocenters. The summed E-state index contributed by atoms with van der Waals surface area (Å²) < 4.78 is 4.98. The monoisotopic (exact) mass is 356 g/mol. The van der Waals surface area contributed by atoms with Crippen molar-refractivity contribution in [3.05, 3.63) is 46.6 Å². The van der Waals surface area contributed by atoms with Crippen LogP contribution in [-0.4, -0.2) is 45.9 Å². The summed E-state index contributed by atoms with van der Waals surface area (Å²) in [5.41, 5.74) is 0.971. The van der Waals surface area contributed by atoms with Crippen LogP contribution in [0.3, 0.4) is 0 Å². The van der Waals surface area contributed by atoms with Gasteiger partial charge in [-0.1, -0.05) is 18.5 Å². The first-order chi connectivity index (χ1) is 12.5. The van der Waals surface area contributed by atoms with Crippen LogP contribution in [0.5, 0.6) is 0 Å². The highest BCUT2D eigenvalue weighted by Gasteiger charge is 2.35. The minimum atomic E-state index is -0.338. The number of aryl methyl sites for hydroxylation is 1. The molecule has 26 heavy (non-hydrogen) atoms. The van der Waals surface area contributed by atoms with Crippen molar-refractivity contribution in [1.82, 2.24) is 20.4 Å². The number of rotatable bonds is 7. The summed E-state index contributed by atoms with van der Waals surface area (Å²) in [7, 11) is 0. The number of unbranched alkanes of at least 4 members (excludes halogenated alkanes) is 1. The molecule has 1 aliphatic rings. The van der Waals surface area contributed by atoms with Gasteiger partial charge in [0.2, 0.25) is 5.89 Å². The molecular weight excluding hydrogens is 336 g/mol. The van der Waals surface area contributed by atoms with Crippen molar-refractivity contribution in [1.29, 1.82) is 0 Å². The molecule has 0 spiro atoms. The number of imide groups is 1. The Bertz CT molecular complexity index is 859. The van der Waals surface area contributed by atoms with Crippen LogP contribution in [0.4, 0.5) is 0 Å². The van der Waals surface area contributed by atoms with Gasteiger partial charge in [0.1, 0.15) is 0 Å². The Kier molecular flexibility index (Phi) is 5.11. The fourth-order valence-corrected chi connectivity index (χ4v) is 2.78. The number of aromatic nitrogens is 2. The summed E-state index contributed by atoms with van der Waals surface area (Å²) in [5, 5.41) is 6.43. The van der Waals surface area contributed by atoms with E-state index in [0.717, 1.165) is 12.8 Å². The predicted octanol–water partition coefficient (Wildman–Crippen LogP) is 1.75. The van der Waals surface area contributed by atoms with E-state index in [2.05, 4.69) is 15.5 Å². The Morgan fingerprint density at radius 2 is 2.00 bits per heavy atom. The first kappa shape index (κ1) is 17.8. The number of carbonyl (C=O) groups excluding carboxylic acids is 3. The number of carbonyl (C=O) groups is 3. The third kappa shape index (κ3) is 3.49. The molecule has 8 nitrogen and oxygen atoms in total. The van der Waals surface area contributed by atoms with E-state index >= 15 is 0 Å². The summed E-state index contributed by atoms with van der Waals surface area (Å²) in [6, 6.07) is 4.57. The topological polar surface area (TPSA) is 105 Å². The molecule has 8 heteroatoms. The third-order valence-corrected chi connectivity index (χ3v) is 4.16. The Morgan fingerprint density at radius 3 is 2.69 bits per heavy atom. The number of nitrogens with one attached hydrogen (secondary N) is 1. The van der Waals surface area contributed by atoms with Gasteiger partial charge in [0.25, 0.3) is 17.7 Å². The van der Waals surface area contributed by atoms with Crippen LogP contribution in [-0.2, 0) is 6.42 Å². The minimum Gasteiger partial charge on any atom is -0.352 e. The lowest BCUT2D eigenvalue weighted by atomic mass is 10.1. The Labute approximate surface area is 150 Å². The van der Waals surface area contributed by atoms with E-state index in [1.165, 1.54) is 17.0 Å². The summed E-state index contributed by atoms with van der Waals surface area (Å²) in [6.45, 7) is 4.44. The maximum absolute atomic E-state index is 12.4. The molecule has 3 amide bonds. The molecule has 0 saturated carbocycles. The molecule has 1 aliphatic heterocycles. The standard InChI is InChI=1S/C18H20N4O4/c1-3-4-9-22-17(24)13-6-5-12(10-14(13)18(22)25)16(23)19-8-7-15-20-11(2)21-26-15/h5-6,10H,3-4,7-9H2,1-2H3,(H,19,23). The first-order valence-electron chi connectivity index (χ1n) is 8.59. The van der Waals surface area contributed by atoms with E-state index in [1.54, 1.807) is 13.0 Å². The molecule has 1 aromatic carbocycles. The zero-order valence-corrected chi connectivity index (χ0v) is 14.7. The summed E-state index contributed by atoms with van der Waals surface area (Å²) in [4.78, 5) is 42.3. The highest BCUT2D eigenvalue weighted by atomic mass is 16.5. The molecule has 0 unspecified atom stereocenters. The Morgan fingerprint density at radius 1 is 1.23 bits per heavy atom. The fourth-order valence-electron chi connectivity index (χ4n) is 2.78. The van der Waals surface area contributed by atoms with Crippen LogP contribution in [0.25, 0.3) is 0 Å². The van der Waals surface area contributed by atoms with Crippen LogP contribution in [0.1, 0.15) is 62.6 Å². The molecule has 0 radical (unpaired) electrons. The summed E-state index contributed by atoms with van der Waals surface area (Å²) in [6.07, 6.45) is 2.06. The normalized spacial score (nSPS) is 13.2. The Hall–Kier alpha value is -3.03. The number of amides is 3. The molecule has 0 fully saturated rings. The van der Waals surface area contributed by atoms with Gasteiger partial charge in [0.05, 0.1) is 11.1 Å². The van der Waals surface area contributed by atoms with E-state index in [0.29, 0.717) is 42.4 Å². The second-order valence-electron chi connectivity index (χ2n) is 6.12. The van der Waals surface area contributed by atoms with Crippen LogP contribution >= 0.6 is 0 Å². The predicted molar refractivity (Wildman–Crippen MR) is 91.8 cm³/mol. The zero-order valence-electron chi connectivity index (χ0n) is 14.7. The molecule has 1 aromatic heterocycles. The van der Waals surface area contributed by atoms with Crippen molar-refractivity contribution in [3.63, 3.8) is 0 Å². The number of nitrogens with zero attached hydrogens (tertiary/aromatic N) is 3. The Balaban J connectivity index is 1.65. The second kappa shape index (κ2) is 7.47. The smallest absolute Gasteiger partial charge is 0.261 e. The third-order valence-electron chi connectivity index (χ3n) is 4.16. The maximum atomic E-state index is 12.4. The van der Waals surface area contributed by atoms with E-state index in [9.17, 15) is 14.4 Å². The van der Waals surface area contributed by atoms with Gasteiger partial charge in [-0.15, -0.1) is 0 Å². The number of benzene rings is 1. The number of fused-ring (bicyclic) bond motifs is 1. The molecule has 0 saturated heterocycles. The van der Waals surface area contributed by atoms with Gasteiger partial charge in [0, 0.05) is 25.1 Å². The largest absolute Gasteiger partial charge is 0.352 e. The van der Waals surface area contributed by atoms with Crippen LogP contribution in [0, 0.1) is 6.92 Å². The van der Waals surface area contributed by atoms with Crippen LogP contribution in [0.15, 0.2) is 22.7 Å². The van der Waals surface area contributed by atoms with E-state index in [-0.39, 0.29) is 23.3 Å². The minimum absolute atomic E-state index is 0.284. The highest BCUT2D eigenvalue weighted by Crippen LogP contribution is 2.24. The van der Waals surface area contributed by atoms with Crippen LogP contribution < -0.4 is 5.32 Å². The molecule has 3 rings (SSSR count). The van der Waals surface area contributed by atoms with Gasteiger partial charge in [-0.2, -0.15) is 4.98 Å². The van der Waals surface area contributed by atoms with Crippen molar-refractivity contribution in [2.24, 2.45) is 0 Å². The van der Waals surface area contributed by atoms with Gasteiger partial charge < -0.3 is 9.84 Å². The van der Waals surface area contributed by atoms with Crippen molar-refractivity contribution >= 4 is 17.7 Å². The van der Waals surface area contributed by atoms with Gasteiger partial charge >= 0.3 is 0 Å². The first-order valence-corrected chi connectivity index (χ1v) is 8.59. The molecule has 0 bridgehead atoms. The second-order valence-corrected chi connectivity index (χ2v) is 6.12. The van der Waals surface area contributed by atoms with E-state index < -0.39 is 0 Å².